The molecule has 0 bridgehead atoms. The zero-order chi connectivity index (χ0) is 17.6. The van der Waals surface area contributed by atoms with Gasteiger partial charge in [0.25, 0.3) is 0 Å². The minimum Gasteiger partial charge on any atom is -0.469 e. The van der Waals surface area contributed by atoms with Crippen LogP contribution in [0.2, 0.25) is 0 Å². The van der Waals surface area contributed by atoms with Crippen LogP contribution in [0.15, 0.2) is 0 Å². The number of rotatable bonds is 8. The van der Waals surface area contributed by atoms with Crippen LogP contribution in [0.5, 0.6) is 0 Å². The molecule has 0 radical (unpaired) electrons. The summed E-state index contributed by atoms with van der Waals surface area (Å²) in [5.41, 5.74) is -2.45. The molecule has 0 atom stereocenters. The van der Waals surface area contributed by atoms with Gasteiger partial charge in [-0.15, -0.1) is 0 Å². The van der Waals surface area contributed by atoms with Crippen LogP contribution in [-0.4, -0.2) is 38.7 Å². The predicted molar refractivity (Wildman–Crippen MR) is 121 cm³/mol. The van der Waals surface area contributed by atoms with E-state index >= 15 is 0 Å². The number of methoxy groups -OCH3 is 2. The van der Waals surface area contributed by atoms with Gasteiger partial charge in [-0.05, 0) is 34.1 Å². The SMILES string of the molecule is C.C.C.C.C.C.CCCCOC(=O)C(C(C)(C)C(=O)OC)C(C)(C)C(=O)OC. The second kappa shape index (κ2) is 18.8. The molecular weight excluding hydrogens is 360 g/mol. The average Bonchev–Trinajstić information content (AvgIpc) is 2.44. The van der Waals surface area contributed by atoms with Crippen molar-refractivity contribution in [3.63, 3.8) is 0 Å². The third-order valence-electron chi connectivity index (χ3n) is 3.84. The summed E-state index contributed by atoms with van der Waals surface area (Å²) in [5.74, 6) is -2.78. The predicted octanol–water partition coefficient (Wildman–Crippen LogP) is 6.16. The van der Waals surface area contributed by atoms with Crippen LogP contribution >= 0.6 is 0 Å². The molecular formula is C22H52O6. The van der Waals surface area contributed by atoms with Gasteiger partial charge in [-0.1, -0.05) is 57.9 Å². The Bertz CT molecular complexity index is 385. The topological polar surface area (TPSA) is 78.9 Å². The molecule has 0 saturated carbocycles. The van der Waals surface area contributed by atoms with Gasteiger partial charge in [-0.25, -0.2) is 0 Å². The number of esters is 3. The Labute approximate surface area is 176 Å². The molecule has 0 rings (SSSR count). The Balaban J connectivity index is -0.000000147. The first-order chi connectivity index (χ1) is 10.1. The maximum atomic E-state index is 12.5. The summed E-state index contributed by atoms with van der Waals surface area (Å²) in [4.78, 5) is 36.7. The number of hydrogen-bond acceptors (Lipinski definition) is 6. The molecule has 0 spiro atoms. The van der Waals surface area contributed by atoms with E-state index in [-0.39, 0.29) is 51.2 Å². The molecule has 0 heterocycles. The zero-order valence-electron chi connectivity index (χ0n) is 14.6. The first-order valence-electron chi connectivity index (χ1n) is 7.40. The maximum Gasteiger partial charge on any atom is 0.312 e. The lowest BCUT2D eigenvalue weighted by Gasteiger charge is -2.38. The van der Waals surface area contributed by atoms with Crippen LogP contribution < -0.4 is 0 Å². The minimum absolute atomic E-state index is 0. The Morgan fingerprint density at radius 1 is 0.750 bits per heavy atom. The summed E-state index contributed by atoms with van der Waals surface area (Å²) in [7, 11) is 2.49. The van der Waals surface area contributed by atoms with Crippen molar-refractivity contribution >= 4 is 17.9 Å². The third-order valence-corrected chi connectivity index (χ3v) is 3.84. The van der Waals surface area contributed by atoms with Gasteiger partial charge in [-0.3, -0.25) is 14.4 Å². The van der Waals surface area contributed by atoms with E-state index in [0.717, 1.165) is 12.8 Å². The van der Waals surface area contributed by atoms with Gasteiger partial charge in [0.05, 0.1) is 37.6 Å². The van der Waals surface area contributed by atoms with Crippen LogP contribution in [0.4, 0.5) is 0 Å². The van der Waals surface area contributed by atoms with E-state index < -0.39 is 34.7 Å². The van der Waals surface area contributed by atoms with Crippen molar-refractivity contribution < 1.29 is 28.6 Å². The van der Waals surface area contributed by atoms with Crippen LogP contribution in [0.1, 0.15) is 92.0 Å². The molecule has 0 aromatic rings. The summed E-state index contributed by atoms with van der Waals surface area (Å²) in [6.07, 6.45) is 1.59. The summed E-state index contributed by atoms with van der Waals surface area (Å²) < 4.78 is 14.8. The Kier molecular flexibility index (Phi) is 30.3. The van der Waals surface area contributed by atoms with E-state index in [1.54, 1.807) is 27.7 Å². The number of carbonyl (C=O) groups is 3. The van der Waals surface area contributed by atoms with E-state index in [1.165, 1.54) is 14.2 Å². The molecule has 176 valence electrons. The minimum atomic E-state index is -1.23. The van der Waals surface area contributed by atoms with Crippen LogP contribution in [0.25, 0.3) is 0 Å². The lowest BCUT2D eigenvalue weighted by Crippen LogP contribution is -2.50. The molecule has 0 N–H and O–H groups in total. The van der Waals surface area contributed by atoms with Crippen molar-refractivity contribution in [1.82, 2.24) is 0 Å². The Hall–Kier alpha value is -1.59. The molecule has 0 aromatic heterocycles. The molecule has 0 aliphatic carbocycles. The fraction of sp³-hybridized carbons (Fsp3) is 0.864. The molecule has 0 fully saturated rings. The fourth-order valence-electron chi connectivity index (χ4n) is 2.65. The van der Waals surface area contributed by atoms with Crippen molar-refractivity contribution in [3.8, 4) is 0 Å². The molecule has 0 unspecified atom stereocenters. The van der Waals surface area contributed by atoms with Crippen molar-refractivity contribution in [2.45, 2.75) is 92.0 Å². The summed E-state index contributed by atoms with van der Waals surface area (Å²) in [5, 5.41) is 0. The van der Waals surface area contributed by atoms with Gasteiger partial charge in [0.15, 0.2) is 0 Å². The largest absolute Gasteiger partial charge is 0.469 e. The fourth-order valence-corrected chi connectivity index (χ4v) is 2.65. The standard InChI is InChI=1S/C16H28O6.6CH4/c1-8-9-10-22-12(17)11(15(2,3)13(18)20-6)16(4,5)14(19)21-7;;;;;;/h11H,8-10H2,1-7H3;6*1H4. The van der Waals surface area contributed by atoms with Gasteiger partial charge in [0.1, 0.15) is 0 Å². The number of hydrogen-bond donors (Lipinski definition) is 0. The van der Waals surface area contributed by atoms with Gasteiger partial charge in [0.2, 0.25) is 0 Å². The highest BCUT2D eigenvalue weighted by Crippen LogP contribution is 2.43. The first-order valence-corrected chi connectivity index (χ1v) is 7.40. The Morgan fingerprint density at radius 2 is 1.07 bits per heavy atom. The van der Waals surface area contributed by atoms with Gasteiger partial charge in [0, 0.05) is 0 Å². The van der Waals surface area contributed by atoms with Crippen molar-refractivity contribution in [2.24, 2.45) is 16.7 Å². The second-order valence-corrected chi connectivity index (χ2v) is 6.38. The summed E-state index contributed by atoms with van der Waals surface area (Å²) in [6.45, 7) is 8.48. The van der Waals surface area contributed by atoms with E-state index in [2.05, 4.69) is 0 Å². The van der Waals surface area contributed by atoms with Crippen LogP contribution in [0, 0.1) is 16.7 Å². The monoisotopic (exact) mass is 412 g/mol. The molecule has 0 aromatic carbocycles. The second-order valence-electron chi connectivity index (χ2n) is 6.38. The third kappa shape index (κ3) is 10.7. The first kappa shape index (κ1) is 45.3. The Morgan fingerprint density at radius 3 is 1.32 bits per heavy atom. The number of ether oxygens (including phenoxy) is 3. The highest BCUT2D eigenvalue weighted by atomic mass is 16.5. The zero-order valence-corrected chi connectivity index (χ0v) is 14.6. The highest BCUT2D eigenvalue weighted by Gasteiger charge is 2.55. The van der Waals surface area contributed by atoms with Crippen molar-refractivity contribution in [1.29, 1.82) is 0 Å². The number of unbranched alkanes of at least 4 members (excludes halogenated alkanes) is 1. The molecule has 28 heavy (non-hydrogen) atoms. The molecule has 0 aliphatic heterocycles. The quantitative estimate of drug-likeness (QED) is 0.270. The lowest BCUT2D eigenvalue weighted by atomic mass is 9.64. The molecule has 0 aliphatic rings. The summed E-state index contributed by atoms with van der Waals surface area (Å²) in [6, 6.07) is 0. The molecule has 0 amide bonds. The molecule has 6 nitrogen and oxygen atoms in total. The summed E-state index contributed by atoms with van der Waals surface area (Å²) >= 11 is 0. The van der Waals surface area contributed by atoms with Gasteiger partial charge in [-0.2, -0.15) is 0 Å². The van der Waals surface area contributed by atoms with Crippen molar-refractivity contribution in [3.05, 3.63) is 0 Å². The number of carbonyl (C=O) groups excluding carboxylic acids is 3. The van der Waals surface area contributed by atoms with E-state index in [0.29, 0.717) is 0 Å². The van der Waals surface area contributed by atoms with Crippen molar-refractivity contribution in [2.75, 3.05) is 20.8 Å². The molecule has 6 heteroatoms. The highest BCUT2D eigenvalue weighted by molar-refractivity contribution is 5.90. The van der Waals surface area contributed by atoms with E-state index in [1.807, 2.05) is 6.92 Å². The van der Waals surface area contributed by atoms with Crippen LogP contribution in [0.3, 0.4) is 0 Å². The maximum absolute atomic E-state index is 12.5. The van der Waals surface area contributed by atoms with Gasteiger partial charge >= 0.3 is 17.9 Å². The normalized spacial score (nSPS) is 9.43. The smallest absolute Gasteiger partial charge is 0.312 e. The van der Waals surface area contributed by atoms with Crippen LogP contribution in [-0.2, 0) is 28.6 Å². The van der Waals surface area contributed by atoms with E-state index in [4.69, 9.17) is 14.2 Å². The lowest BCUT2D eigenvalue weighted by molar-refractivity contribution is -0.179. The van der Waals surface area contributed by atoms with E-state index in [9.17, 15) is 14.4 Å². The molecule has 0 saturated heterocycles. The average molecular weight is 413 g/mol. The van der Waals surface area contributed by atoms with Gasteiger partial charge < -0.3 is 14.2 Å².